The molecular weight excluding hydrogens is 391 g/mol. The fourth-order valence-corrected chi connectivity index (χ4v) is 3.91. The van der Waals surface area contributed by atoms with E-state index < -0.39 is 0 Å². The van der Waals surface area contributed by atoms with Gasteiger partial charge in [0.15, 0.2) is 4.80 Å². The van der Waals surface area contributed by atoms with Crippen molar-refractivity contribution in [2.45, 2.75) is 33.1 Å². The molecule has 0 unspecified atom stereocenters. The Hall–Kier alpha value is -1.82. The molecule has 0 bridgehead atoms. The Kier molecular flexibility index (Phi) is 5.15. The maximum atomic E-state index is 13.2. The van der Waals surface area contributed by atoms with Crippen molar-refractivity contribution in [1.29, 1.82) is 0 Å². The molecule has 3 rings (SSSR count). The highest BCUT2D eigenvalue weighted by molar-refractivity contribution is 7.07. The van der Waals surface area contributed by atoms with Gasteiger partial charge in [-0.05, 0) is 31.2 Å². The molecule has 136 valence electrons. The van der Waals surface area contributed by atoms with Gasteiger partial charge >= 0.3 is 0 Å². The molecule has 4 nitrogen and oxygen atoms in total. The predicted molar refractivity (Wildman–Crippen MR) is 106 cm³/mol. The molecule has 0 fully saturated rings. The Morgan fingerprint density at radius 2 is 1.92 bits per heavy atom. The summed E-state index contributed by atoms with van der Waals surface area (Å²) in [5, 5.41) is 2.85. The molecule has 3 aromatic rings. The van der Waals surface area contributed by atoms with Crippen molar-refractivity contribution in [2.24, 2.45) is 4.99 Å². The van der Waals surface area contributed by atoms with Gasteiger partial charge < -0.3 is 4.42 Å². The van der Waals surface area contributed by atoms with Crippen LogP contribution < -0.4 is 4.80 Å². The Balaban J connectivity index is 2.22. The lowest BCUT2D eigenvalue weighted by Crippen LogP contribution is -2.30. The van der Waals surface area contributed by atoms with Crippen molar-refractivity contribution >= 4 is 46.1 Å². The number of carbonyl (C=O) groups is 1. The molecule has 0 spiro atoms. The molecule has 2 heterocycles. The van der Waals surface area contributed by atoms with Crippen molar-refractivity contribution in [3.05, 3.63) is 67.8 Å². The van der Waals surface area contributed by atoms with Crippen LogP contribution in [-0.2, 0) is 5.41 Å². The van der Waals surface area contributed by atoms with Crippen LogP contribution in [0, 0.1) is 6.92 Å². The first kappa shape index (κ1) is 19.0. The third kappa shape index (κ3) is 3.65. The zero-order chi connectivity index (χ0) is 19.1. The Morgan fingerprint density at radius 1 is 1.19 bits per heavy atom. The standard InChI is InChI=1S/C19H18Cl2N2O2S/c1-11-13(7-8-25-11)17(24)23-16(19(2,3)4)10-26-18(23)22-12-5-6-14(20)15(21)9-12/h5-10H,1-4H3. The first-order valence-electron chi connectivity index (χ1n) is 7.98. The van der Waals surface area contributed by atoms with Crippen molar-refractivity contribution in [3.63, 3.8) is 0 Å². The minimum Gasteiger partial charge on any atom is -0.469 e. The number of aryl methyl sites for hydroxylation is 1. The molecule has 1 aromatic carbocycles. The zero-order valence-electron chi connectivity index (χ0n) is 14.8. The summed E-state index contributed by atoms with van der Waals surface area (Å²) in [6.45, 7) is 7.95. The molecular formula is C19H18Cl2N2O2S. The Morgan fingerprint density at radius 3 is 2.50 bits per heavy atom. The number of aromatic nitrogens is 1. The maximum absolute atomic E-state index is 13.2. The second-order valence-corrected chi connectivity index (χ2v) is 8.55. The van der Waals surface area contributed by atoms with Crippen LogP contribution >= 0.6 is 34.5 Å². The van der Waals surface area contributed by atoms with E-state index >= 15 is 0 Å². The fraction of sp³-hybridized carbons (Fsp3) is 0.263. The lowest BCUT2D eigenvalue weighted by Gasteiger charge is -2.20. The summed E-state index contributed by atoms with van der Waals surface area (Å²) in [7, 11) is 0. The molecule has 26 heavy (non-hydrogen) atoms. The van der Waals surface area contributed by atoms with Crippen LogP contribution in [0.2, 0.25) is 10.0 Å². The first-order valence-corrected chi connectivity index (χ1v) is 9.61. The molecule has 0 aliphatic rings. The number of furan rings is 1. The molecule has 0 amide bonds. The minimum atomic E-state index is -0.227. The number of halogens is 2. The number of rotatable bonds is 2. The van der Waals surface area contributed by atoms with E-state index in [9.17, 15) is 4.79 Å². The largest absolute Gasteiger partial charge is 0.469 e. The lowest BCUT2D eigenvalue weighted by molar-refractivity contribution is 0.0948. The van der Waals surface area contributed by atoms with Crippen LogP contribution in [0.15, 0.2) is 45.3 Å². The van der Waals surface area contributed by atoms with Crippen molar-refractivity contribution in [1.82, 2.24) is 4.57 Å². The van der Waals surface area contributed by atoms with E-state index in [0.717, 1.165) is 5.69 Å². The van der Waals surface area contributed by atoms with E-state index in [0.29, 0.717) is 31.9 Å². The van der Waals surface area contributed by atoms with Gasteiger partial charge in [-0.25, -0.2) is 4.99 Å². The van der Waals surface area contributed by atoms with Crippen LogP contribution in [0.3, 0.4) is 0 Å². The molecule has 0 saturated heterocycles. The van der Waals surface area contributed by atoms with Crippen LogP contribution in [-0.4, -0.2) is 10.5 Å². The first-order chi connectivity index (χ1) is 12.2. The van der Waals surface area contributed by atoms with E-state index in [1.807, 2.05) is 5.38 Å². The molecule has 0 N–H and O–H groups in total. The second kappa shape index (κ2) is 7.06. The van der Waals surface area contributed by atoms with E-state index in [-0.39, 0.29) is 11.3 Å². The SMILES string of the molecule is Cc1occc1C(=O)n1c(C(C)(C)C)csc1=Nc1ccc(Cl)c(Cl)c1. The summed E-state index contributed by atoms with van der Waals surface area (Å²) < 4.78 is 6.95. The van der Waals surface area contributed by atoms with E-state index in [2.05, 4.69) is 25.8 Å². The molecule has 0 radical (unpaired) electrons. The molecule has 0 aliphatic carbocycles. The summed E-state index contributed by atoms with van der Waals surface area (Å²) in [5.41, 5.74) is 1.80. The summed E-state index contributed by atoms with van der Waals surface area (Å²) in [4.78, 5) is 18.4. The summed E-state index contributed by atoms with van der Waals surface area (Å²) in [5.74, 6) is 0.412. The lowest BCUT2D eigenvalue weighted by atomic mass is 9.92. The van der Waals surface area contributed by atoms with Crippen LogP contribution in [0.4, 0.5) is 5.69 Å². The van der Waals surface area contributed by atoms with Gasteiger partial charge in [0.1, 0.15) is 5.76 Å². The van der Waals surface area contributed by atoms with Gasteiger partial charge in [-0.1, -0.05) is 44.0 Å². The smallest absolute Gasteiger partial charge is 0.267 e. The molecule has 0 atom stereocenters. The average molecular weight is 409 g/mol. The van der Waals surface area contributed by atoms with Gasteiger partial charge in [0.2, 0.25) is 0 Å². The quantitative estimate of drug-likeness (QED) is 0.523. The van der Waals surface area contributed by atoms with Crippen molar-refractivity contribution in [3.8, 4) is 0 Å². The maximum Gasteiger partial charge on any atom is 0.267 e. The highest BCUT2D eigenvalue weighted by Gasteiger charge is 2.25. The van der Waals surface area contributed by atoms with Crippen molar-refractivity contribution < 1.29 is 9.21 Å². The minimum absolute atomic E-state index is 0.166. The van der Waals surface area contributed by atoms with E-state index in [4.69, 9.17) is 27.6 Å². The third-order valence-corrected chi connectivity index (χ3v) is 5.46. The van der Waals surface area contributed by atoms with E-state index in [1.54, 1.807) is 35.8 Å². The highest BCUT2D eigenvalue weighted by Crippen LogP contribution is 2.27. The monoisotopic (exact) mass is 408 g/mol. The topological polar surface area (TPSA) is 47.5 Å². The number of thiazole rings is 1. The van der Waals surface area contributed by atoms with Crippen LogP contribution in [0.5, 0.6) is 0 Å². The van der Waals surface area contributed by atoms with E-state index in [1.165, 1.54) is 17.6 Å². The number of hydrogen-bond acceptors (Lipinski definition) is 4. The number of nitrogens with zero attached hydrogens (tertiary/aromatic N) is 2. The van der Waals surface area contributed by atoms with Gasteiger partial charge in [0, 0.05) is 16.5 Å². The molecule has 0 aliphatic heterocycles. The van der Waals surface area contributed by atoms with Gasteiger partial charge in [-0.3, -0.25) is 9.36 Å². The van der Waals surface area contributed by atoms with Gasteiger partial charge in [0.25, 0.3) is 5.91 Å². The number of carbonyl (C=O) groups excluding carboxylic acids is 1. The van der Waals surface area contributed by atoms with Gasteiger partial charge in [-0.2, -0.15) is 0 Å². The average Bonchev–Trinajstić information content (AvgIpc) is 3.16. The van der Waals surface area contributed by atoms with Gasteiger partial charge in [-0.15, -0.1) is 11.3 Å². The second-order valence-electron chi connectivity index (χ2n) is 6.89. The normalized spacial score (nSPS) is 12.6. The third-order valence-electron chi connectivity index (χ3n) is 3.90. The number of benzene rings is 1. The number of hydrogen-bond donors (Lipinski definition) is 0. The van der Waals surface area contributed by atoms with Crippen LogP contribution in [0.25, 0.3) is 0 Å². The van der Waals surface area contributed by atoms with Crippen LogP contribution in [0.1, 0.15) is 42.6 Å². The van der Waals surface area contributed by atoms with Gasteiger partial charge in [0.05, 0.1) is 27.6 Å². The fourth-order valence-electron chi connectivity index (χ4n) is 2.49. The zero-order valence-corrected chi connectivity index (χ0v) is 17.2. The summed E-state index contributed by atoms with van der Waals surface area (Å²) in [6.07, 6.45) is 1.52. The Bertz CT molecular complexity index is 1040. The predicted octanol–water partition coefficient (Wildman–Crippen LogP) is 5.98. The summed E-state index contributed by atoms with van der Waals surface area (Å²) >= 11 is 13.5. The molecule has 0 saturated carbocycles. The summed E-state index contributed by atoms with van der Waals surface area (Å²) in [6, 6.07) is 6.81. The van der Waals surface area contributed by atoms with Crippen molar-refractivity contribution in [2.75, 3.05) is 0 Å². The molecule has 2 aromatic heterocycles. The highest BCUT2D eigenvalue weighted by atomic mass is 35.5. The molecule has 7 heteroatoms. The Labute approximate surface area is 165 Å².